The molecule has 1 aromatic heterocycles. The third-order valence-electron chi connectivity index (χ3n) is 5.87. The van der Waals surface area contributed by atoms with Crippen LogP contribution in [0.5, 0.6) is 0 Å². The number of piperidine rings is 1. The van der Waals surface area contributed by atoms with Gasteiger partial charge < -0.3 is 15.2 Å². The molecule has 2 fully saturated rings. The number of rotatable bonds is 6. The second-order valence-corrected chi connectivity index (χ2v) is 7.88. The molecule has 2 heterocycles. The zero-order valence-electron chi connectivity index (χ0n) is 16.0. The van der Waals surface area contributed by atoms with Crippen molar-refractivity contribution in [3.8, 4) is 0 Å². The maximum Gasteiger partial charge on any atom is 0.248 e. The van der Waals surface area contributed by atoms with Crippen LogP contribution in [0.25, 0.3) is 0 Å². The van der Waals surface area contributed by atoms with E-state index in [-0.39, 0.29) is 24.4 Å². The van der Waals surface area contributed by atoms with Crippen molar-refractivity contribution < 1.29 is 9.32 Å². The van der Waals surface area contributed by atoms with Crippen LogP contribution in [0, 0.1) is 11.8 Å². The van der Waals surface area contributed by atoms with Gasteiger partial charge >= 0.3 is 0 Å². The Morgan fingerprint density at radius 2 is 1.88 bits per heavy atom. The van der Waals surface area contributed by atoms with Crippen molar-refractivity contribution in [1.29, 1.82) is 0 Å². The number of carbonyl (C=O) groups is 1. The number of hydrogen-bond acceptors (Lipinski definition) is 5. The first-order valence-electron chi connectivity index (χ1n) is 9.97. The van der Waals surface area contributed by atoms with Crippen molar-refractivity contribution in [2.75, 3.05) is 13.1 Å². The summed E-state index contributed by atoms with van der Waals surface area (Å²) in [5.41, 5.74) is 0. The van der Waals surface area contributed by atoms with Crippen molar-refractivity contribution in [3.05, 3.63) is 11.7 Å². The smallest absolute Gasteiger partial charge is 0.248 e. The van der Waals surface area contributed by atoms with Gasteiger partial charge in [-0.3, -0.25) is 4.79 Å². The summed E-state index contributed by atoms with van der Waals surface area (Å²) in [6.45, 7) is 6.25. The number of aromatic nitrogens is 2. The average Bonchev–Trinajstić information content (AvgIpc) is 3.13. The van der Waals surface area contributed by atoms with Crippen LogP contribution in [0.4, 0.5) is 0 Å². The molecule has 6 nitrogen and oxygen atoms in total. The predicted octanol–water partition coefficient (Wildman–Crippen LogP) is 3.74. The maximum absolute atomic E-state index is 12.4. The summed E-state index contributed by atoms with van der Waals surface area (Å²) in [5, 5.41) is 10.6. The predicted molar refractivity (Wildman–Crippen MR) is 103 cm³/mol. The molecule has 0 aromatic carbocycles. The highest BCUT2D eigenvalue weighted by molar-refractivity contribution is 5.85. The van der Waals surface area contributed by atoms with E-state index in [0.717, 1.165) is 31.8 Å². The highest BCUT2D eigenvalue weighted by Gasteiger charge is 2.25. The van der Waals surface area contributed by atoms with Crippen LogP contribution in [-0.2, 0) is 4.79 Å². The van der Waals surface area contributed by atoms with Crippen molar-refractivity contribution in [2.24, 2.45) is 11.8 Å². The van der Waals surface area contributed by atoms with E-state index in [1.165, 1.54) is 32.1 Å². The molecule has 26 heavy (non-hydrogen) atoms. The largest absolute Gasteiger partial charge is 0.345 e. The first-order valence-corrected chi connectivity index (χ1v) is 9.97. The Morgan fingerprint density at radius 3 is 2.58 bits per heavy atom. The molecule has 3 rings (SSSR count). The van der Waals surface area contributed by atoms with Gasteiger partial charge in [-0.1, -0.05) is 31.3 Å². The highest BCUT2D eigenvalue weighted by Crippen LogP contribution is 2.31. The van der Waals surface area contributed by atoms with Gasteiger partial charge in [0.2, 0.25) is 11.8 Å². The fraction of sp³-hybridized carbons (Fsp3) is 0.842. The molecule has 1 saturated carbocycles. The van der Waals surface area contributed by atoms with Crippen molar-refractivity contribution in [1.82, 2.24) is 20.8 Å². The van der Waals surface area contributed by atoms with E-state index in [9.17, 15) is 4.79 Å². The second kappa shape index (κ2) is 10.3. The number of hydrogen-bond donors (Lipinski definition) is 2. The summed E-state index contributed by atoms with van der Waals surface area (Å²) in [5.74, 6) is 2.91. The molecule has 2 aliphatic rings. The van der Waals surface area contributed by atoms with E-state index in [4.69, 9.17) is 4.52 Å². The van der Waals surface area contributed by atoms with Crippen LogP contribution in [0.2, 0.25) is 0 Å². The molecule has 1 amide bonds. The Labute approximate surface area is 162 Å². The van der Waals surface area contributed by atoms with E-state index in [1.807, 2.05) is 6.92 Å². The van der Waals surface area contributed by atoms with Gasteiger partial charge in [0.05, 0.1) is 0 Å². The normalized spacial score (nSPS) is 21.6. The molecule has 0 radical (unpaired) electrons. The Kier molecular flexibility index (Phi) is 8.35. The molecular weight excluding hydrogens is 352 g/mol. The molecule has 2 atom stereocenters. The number of nitrogens with one attached hydrogen (secondary N) is 2. The summed E-state index contributed by atoms with van der Waals surface area (Å²) >= 11 is 0. The SMILES string of the molecule is CC(NC(=O)CC(C)C1CCNCC1)c1nc(C2CCCCC2)no1.Cl. The lowest BCUT2D eigenvalue weighted by Crippen LogP contribution is -2.34. The first-order chi connectivity index (χ1) is 12.1. The Hall–Kier alpha value is -1.14. The second-order valence-electron chi connectivity index (χ2n) is 7.88. The van der Waals surface area contributed by atoms with Gasteiger partial charge in [-0.2, -0.15) is 4.98 Å². The molecule has 1 aliphatic carbocycles. The van der Waals surface area contributed by atoms with E-state index in [0.29, 0.717) is 30.1 Å². The summed E-state index contributed by atoms with van der Waals surface area (Å²) < 4.78 is 5.42. The Morgan fingerprint density at radius 1 is 1.19 bits per heavy atom. The Bertz CT molecular complexity index is 553. The van der Waals surface area contributed by atoms with Gasteiger partial charge in [0.25, 0.3) is 0 Å². The molecule has 1 aliphatic heterocycles. The maximum atomic E-state index is 12.4. The highest BCUT2D eigenvalue weighted by atomic mass is 35.5. The topological polar surface area (TPSA) is 80.0 Å². The number of carbonyl (C=O) groups excluding carboxylic acids is 1. The minimum Gasteiger partial charge on any atom is -0.345 e. The lowest BCUT2D eigenvalue weighted by atomic mass is 9.84. The summed E-state index contributed by atoms with van der Waals surface area (Å²) in [6, 6.07) is -0.224. The van der Waals surface area contributed by atoms with Gasteiger partial charge in [-0.25, -0.2) is 0 Å². The zero-order valence-corrected chi connectivity index (χ0v) is 16.8. The molecule has 2 N–H and O–H groups in total. The number of nitrogens with zero attached hydrogens (tertiary/aromatic N) is 2. The van der Waals surface area contributed by atoms with Crippen LogP contribution in [0.3, 0.4) is 0 Å². The van der Waals surface area contributed by atoms with Crippen LogP contribution in [0.15, 0.2) is 4.52 Å². The molecule has 2 unspecified atom stereocenters. The number of halogens is 1. The molecule has 1 saturated heterocycles. The number of amides is 1. The lowest BCUT2D eigenvalue weighted by Gasteiger charge is -2.28. The summed E-state index contributed by atoms with van der Waals surface area (Å²) in [4.78, 5) is 16.9. The van der Waals surface area contributed by atoms with Crippen molar-refractivity contribution in [2.45, 2.75) is 77.2 Å². The molecule has 0 bridgehead atoms. The van der Waals surface area contributed by atoms with Crippen LogP contribution < -0.4 is 10.6 Å². The summed E-state index contributed by atoms with van der Waals surface area (Å²) in [6.07, 6.45) is 8.99. The first kappa shape index (κ1) is 21.2. The van der Waals surface area contributed by atoms with Gasteiger partial charge in [0, 0.05) is 12.3 Å². The lowest BCUT2D eigenvalue weighted by molar-refractivity contribution is -0.123. The van der Waals surface area contributed by atoms with E-state index in [1.54, 1.807) is 0 Å². The minimum absolute atomic E-state index is 0. The minimum atomic E-state index is -0.224. The average molecular weight is 385 g/mol. The summed E-state index contributed by atoms with van der Waals surface area (Å²) in [7, 11) is 0. The monoisotopic (exact) mass is 384 g/mol. The van der Waals surface area contributed by atoms with Crippen LogP contribution in [-0.4, -0.2) is 29.1 Å². The van der Waals surface area contributed by atoms with E-state index < -0.39 is 0 Å². The third-order valence-corrected chi connectivity index (χ3v) is 5.87. The van der Waals surface area contributed by atoms with Crippen LogP contribution in [0.1, 0.15) is 88.9 Å². The van der Waals surface area contributed by atoms with E-state index >= 15 is 0 Å². The van der Waals surface area contributed by atoms with E-state index in [2.05, 4.69) is 27.7 Å². The van der Waals surface area contributed by atoms with Gasteiger partial charge in [0.15, 0.2) is 5.82 Å². The van der Waals surface area contributed by atoms with Gasteiger partial charge in [-0.05, 0) is 57.5 Å². The molecule has 0 spiro atoms. The molecule has 148 valence electrons. The van der Waals surface area contributed by atoms with Crippen LogP contribution >= 0.6 is 12.4 Å². The van der Waals surface area contributed by atoms with Gasteiger partial charge in [0.1, 0.15) is 6.04 Å². The zero-order chi connectivity index (χ0) is 17.6. The molecule has 7 heteroatoms. The Balaban J connectivity index is 0.00000243. The third kappa shape index (κ3) is 5.68. The van der Waals surface area contributed by atoms with Crippen molar-refractivity contribution >= 4 is 18.3 Å². The quantitative estimate of drug-likeness (QED) is 0.780. The standard InChI is InChI=1S/C19H32N4O2.ClH/c1-13(15-8-10-20-11-9-15)12-17(24)21-14(2)19-22-18(23-25-19)16-6-4-3-5-7-16;/h13-16,20H,3-12H2,1-2H3,(H,21,24);1H. The fourth-order valence-corrected chi connectivity index (χ4v) is 4.18. The van der Waals surface area contributed by atoms with Crippen molar-refractivity contribution in [3.63, 3.8) is 0 Å². The molecule has 1 aromatic rings. The molecular formula is C19H33ClN4O2. The van der Waals surface area contributed by atoms with Gasteiger partial charge in [-0.15, -0.1) is 12.4 Å². The fourth-order valence-electron chi connectivity index (χ4n) is 4.18.